The number of furan rings is 1. The number of oxazole rings is 2. The maximum atomic E-state index is 14.7. The average Bonchev–Trinajstić information content (AvgIpc) is 4.44. The first-order chi connectivity index (χ1) is 40.1. The highest BCUT2D eigenvalue weighted by Gasteiger charge is 2.31. The van der Waals surface area contributed by atoms with Crippen molar-refractivity contribution in [1.29, 1.82) is 0 Å². The van der Waals surface area contributed by atoms with Crippen LogP contribution in [0.25, 0.3) is 51.4 Å². The SMILES string of the molecule is C[C@@H]1N=C(c2ccccc2)c2cc(Br)ccc2-n2cnc(-c3cnco3)c21.C[C@@H]1N=C(c2ccccc2F)c2cc(Br)ccc2-n2cnc(-c3cnco3)c21.C[C@@H]1N=C(c2ccccn2)c2cc(Br)ccc2-n2cnc(-c3ccco3)c21. The molecule has 0 saturated heterocycles. The van der Waals surface area contributed by atoms with Gasteiger partial charge in [-0.1, -0.05) is 96.3 Å². The summed E-state index contributed by atoms with van der Waals surface area (Å²) in [6.07, 6.45) is 15.0. The van der Waals surface area contributed by atoms with Crippen molar-refractivity contribution in [3.8, 4) is 51.4 Å². The number of hydrogen-bond acceptors (Lipinski definition) is 12. The number of aromatic nitrogens is 9. The first-order valence-corrected chi connectivity index (χ1v) is 28.3. The van der Waals surface area contributed by atoms with Gasteiger partial charge in [-0.3, -0.25) is 33.7 Å². The molecular formula is C63H44Br3FN12O3. The number of aliphatic imine (C=N–C) groups is 3. The molecule has 7 aromatic heterocycles. The zero-order valence-corrected chi connectivity index (χ0v) is 48.6. The third-order valence-electron chi connectivity index (χ3n) is 14.2. The minimum atomic E-state index is -0.306. The van der Waals surface area contributed by atoms with Crippen LogP contribution < -0.4 is 0 Å². The maximum Gasteiger partial charge on any atom is 0.181 e. The van der Waals surface area contributed by atoms with E-state index >= 15 is 0 Å². The van der Waals surface area contributed by atoms with Crippen molar-refractivity contribution in [2.24, 2.45) is 15.0 Å². The molecule has 10 heterocycles. The molecule has 12 aromatic rings. The summed E-state index contributed by atoms with van der Waals surface area (Å²) >= 11 is 10.7. The summed E-state index contributed by atoms with van der Waals surface area (Å²) in [5.41, 5.74) is 15.8. The number of halogens is 4. The Morgan fingerprint density at radius 2 is 0.915 bits per heavy atom. The lowest BCUT2D eigenvalue weighted by Gasteiger charge is -2.12. The molecule has 0 amide bonds. The molecule has 0 aliphatic carbocycles. The Morgan fingerprint density at radius 3 is 1.40 bits per heavy atom. The molecule has 3 aliphatic rings. The molecule has 19 heteroatoms. The Labute approximate surface area is 494 Å². The minimum Gasteiger partial charge on any atom is -0.463 e. The van der Waals surface area contributed by atoms with Gasteiger partial charge in [0, 0.05) is 47.4 Å². The Kier molecular flexibility index (Phi) is 14.1. The number of nitrogens with zero attached hydrogens (tertiary/aromatic N) is 12. The molecule has 0 saturated carbocycles. The quantitative estimate of drug-likeness (QED) is 0.157. The van der Waals surface area contributed by atoms with Gasteiger partial charge >= 0.3 is 0 Å². The highest BCUT2D eigenvalue weighted by atomic mass is 79.9. The van der Waals surface area contributed by atoms with Crippen LogP contribution in [0.5, 0.6) is 0 Å². The van der Waals surface area contributed by atoms with Crippen LogP contribution in [0, 0.1) is 5.82 Å². The standard InChI is InChI=1S/C21H14BrFN4O.2C21H15BrN4O/c1-12-21-20(18-9-24-11-28-18)25-10-27(21)17-7-6-13(22)8-15(17)19(26-12)14-4-2-3-5-16(14)23;1-13-21-20(18-6-4-10-27-18)24-12-26(21)17-8-7-14(22)11-15(17)19(25-13)16-5-2-3-9-23-16;1-13-21-20(18-10-23-12-27-18)24-11-26(21)17-8-7-15(22)9-16(17)19(25-13)14-5-3-2-4-6-14/h2-12H,1H3;2*2-13H,1H3/t12-;2*13-/m000/s1. The lowest BCUT2D eigenvalue weighted by atomic mass is 10.00. The second-order valence-corrected chi connectivity index (χ2v) is 22.0. The van der Waals surface area contributed by atoms with Crippen LogP contribution in [0.15, 0.2) is 238 Å². The van der Waals surface area contributed by atoms with Crippen LogP contribution >= 0.6 is 47.8 Å². The van der Waals surface area contributed by atoms with E-state index in [1.165, 1.54) is 18.9 Å². The molecule has 0 N–H and O–H groups in total. The van der Waals surface area contributed by atoms with Gasteiger partial charge < -0.3 is 13.3 Å². The van der Waals surface area contributed by atoms with Crippen molar-refractivity contribution in [3.63, 3.8) is 0 Å². The fraction of sp³-hybridized carbons (Fsp3) is 0.0952. The smallest absolute Gasteiger partial charge is 0.181 e. The Morgan fingerprint density at radius 1 is 0.439 bits per heavy atom. The predicted octanol–water partition coefficient (Wildman–Crippen LogP) is 15.7. The van der Waals surface area contributed by atoms with Gasteiger partial charge in [0.2, 0.25) is 0 Å². The Bertz CT molecular complexity index is 4210. The van der Waals surface area contributed by atoms with Gasteiger partial charge in [-0.25, -0.2) is 29.3 Å². The Balaban J connectivity index is 0.000000115. The van der Waals surface area contributed by atoms with Gasteiger partial charge in [0.25, 0.3) is 0 Å². The summed E-state index contributed by atoms with van der Waals surface area (Å²) in [4.78, 5) is 41.4. The van der Waals surface area contributed by atoms with Crippen LogP contribution in [0.3, 0.4) is 0 Å². The third-order valence-corrected chi connectivity index (χ3v) is 15.6. The second kappa shape index (κ2) is 22.1. The van der Waals surface area contributed by atoms with E-state index in [2.05, 4.69) is 137 Å². The van der Waals surface area contributed by atoms with Gasteiger partial charge in [-0.05, 0) is 112 Å². The summed E-state index contributed by atoms with van der Waals surface area (Å²) < 4.78 is 40.3. The second-order valence-electron chi connectivity index (χ2n) is 19.3. The zero-order valence-electron chi connectivity index (χ0n) is 43.8. The first-order valence-electron chi connectivity index (χ1n) is 26.0. The molecule has 3 atom stereocenters. The van der Waals surface area contributed by atoms with Gasteiger partial charge in [0.05, 0.1) is 93.8 Å². The van der Waals surface area contributed by atoms with Crippen LogP contribution in [0.2, 0.25) is 0 Å². The molecule has 0 unspecified atom stereocenters. The summed E-state index contributed by atoms with van der Waals surface area (Å²) in [5, 5.41) is 0. The number of pyridine rings is 1. The van der Waals surface area contributed by atoms with E-state index in [4.69, 9.17) is 28.2 Å². The van der Waals surface area contributed by atoms with E-state index in [-0.39, 0.29) is 23.9 Å². The maximum absolute atomic E-state index is 14.7. The molecule has 5 aromatic carbocycles. The highest BCUT2D eigenvalue weighted by Crippen LogP contribution is 2.41. The summed E-state index contributed by atoms with van der Waals surface area (Å²) in [6.45, 7) is 6.12. The van der Waals surface area contributed by atoms with Crippen molar-refractivity contribution in [2.45, 2.75) is 38.9 Å². The largest absolute Gasteiger partial charge is 0.463 e. The van der Waals surface area contributed by atoms with E-state index < -0.39 is 0 Å². The van der Waals surface area contributed by atoms with Crippen molar-refractivity contribution < 1.29 is 17.6 Å². The lowest BCUT2D eigenvalue weighted by molar-refractivity contribution is 0.568. The minimum absolute atomic E-state index is 0.103. The van der Waals surface area contributed by atoms with Crippen LogP contribution in [-0.4, -0.2) is 60.7 Å². The van der Waals surface area contributed by atoms with E-state index in [9.17, 15) is 4.39 Å². The molecular weight excluding hydrogens is 1230 g/mol. The zero-order chi connectivity index (χ0) is 56.0. The number of fused-ring (bicyclic) bond motifs is 9. The molecule has 0 spiro atoms. The first kappa shape index (κ1) is 52.3. The Hall–Kier alpha value is -9.04. The molecule has 0 radical (unpaired) electrons. The van der Waals surface area contributed by atoms with E-state index in [0.29, 0.717) is 28.5 Å². The van der Waals surface area contributed by atoms with Crippen molar-refractivity contribution in [2.75, 3.05) is 0 Å². The lowest BCUT2D eigenvalue weighted by Crippen LogP contribution is -2.09. The van der Waals surface area contributed by atoms with Crippen LogP contribution in [0.1, 0.15) is 89.5 Å². The molecule has 0 bridgehead atoms. The molecule has 15 rings (SSSR count). The van der Waals surface area contributed by atoms with E-state index in [1.54, 1.807) is 43.3 Å². The van der Waals surface area contributed by atoms with Gasteiger partial charge in [-0.2, -0.15) is 0 Å². The van der Waals surface area contributed by atoms with Crippen LogP contribution in [0.4, 0.5) is 4.39 Å². The monoisotopic (exact) mass is 1270 g/mol. The fourth-order valence-electron chi connectivity index (χ4n) is 10.6. The highest BCUT2D eigenvalue weighted by molar-refractivity contribution is 9.11. The fourth-order valence-corrected chi connectivity index (χ4v) is 11.7. The van der Waals surface area contributed by atoms with Gasteiger partial charge in [0.15, 0.2) is 30.1 Å². The number of benzene rings is 5. The summed E-state index contributed by atoms with van der Waals surface area (Å²) in [6, 6.07) is 44.4. The van der Waals surface area contributed by atoms with Crippen LogP contribution in [-0.2, 0) is 0 Å². The third kappa shape index (κ3) is 9.73. The van der Waals surface area contributed by atoms with Crippen molar-refractivity contribution >= 4 is 64.9 Å². The van der Waals surface area contributed by atoms with E-state index in [1.807, 2.05) is 109 Å². The molecule has 15 nitrogen and oxygen atoms in total. The van der Waals surface area contributed by atoms with E-state index in [0.717, 1.165) is 104 Å². The average molecular weight is 1280 g/mol. The topological polar surface area (TPSA) is 169 Å². The number of rotatable bonds is 6. The van der Waals surface area contributed by atoms with Gasteiger partial charge in [0.1, 0.15) is 41.9 Å². The molecule has 82 heavy (non-hydrogen) atoms. The molecule has 402 valence electrons. The van der Waals surface area contributed by atoms with Crippen molar-refractivity contribution in [3.05, 3.63) is 266 Å². The molecule has 0 fully saturated rings. The number of imidazole rings is 3. The normalized spacial score (nSPS) is 15.6. The number of hydrogen-bond donors (Lipinski definition) is 0. The summed E-state index contributed by atoms with van der Waals surface area (Å²) in [5.74, 6) is 1.65. The van der Waals surface area contributed by atoms with Crippen molar-refractivity contribution in [1.82, 2.24) is 43.6 Å². The van der Waals surface area contributed by atoms with Gasteiger partial charge in [-0.15, -0.1) is 0 Å². The predicted molar refractivity (Wildman–Crippen MR) is 322 cm³/mol. The molecule has 3 aliphatic heterocycles. The summed E-state index contributed by atoms with van der Waals surface area (Å²) in [7, 11) is 0.